The molecule has 1 fully saturated rings. The zero-order valence-corrected chi connectivity index (χ0v) is 14.0. The van der Waals surface area contributed by atoms with Crippen molar-refractivity contribution < 1.29 is 14.2 Å². The van der Waals surface area contributed by atoms with E-state index in [9.17, 15) is 0 Å². The lowest BCUT2D eigenvalue weighted by molar-refractivity contribution is -0.312. The molecule has 0 radical (unpaired) electrons. The maximum absolute atomic E-state index is 6.24. The molecule has 124 valence electrons. The van der Waals surface area contributed by atoms with Crippen molar-refractivity contribution >= 4 is 0 Å². The highest BCUT2D eigenvalue weighted by molar-refractivity contribution is 5.30. The molecule has 23 heavy (non-hydrogen) atoms. The van der Waals surface area contributed by atoms with Gasteiger partial charge in [0.25, 0.3) is 0 Å². The molecule has 0 aliphatic carbocycles. The Hall–Kier alpha value is -1.85. The Bertz CT molecular complexity index is 610. The third kappa shape index (κ3) is 3.57. The molecule has 1 aromatic heterocycles. The Morgan fingerprint density at radius 1 is 1.17 bits per heavy atom. The van der Waals surface area contributed by atoms with Gasteiger partial charge in [0.05, 0.1) is 26.7 Å². The van der Waals surface area contributed by atoms with E-state index in [1.165, 1.54) is 0 Å². The topological polar surface area (TPSA) is 45.5 Å². The van der Waals surface area contributed by atoms with E-state index >= 15 is 0 Å². The minimum atomic E-state index is -0.716. The van der Waals surface area contributed by atoms with Crippen LogP contribution in [0.2, 0.25) is 0 Å². The number of imidazole rings is 1. The van der Waals surface area contributed by atoms with Gasteiger partial charge in [-0.3, -0.25) is 0 Å². The molecule has 0 atom stereocenters. The van der Waals surface area contributed by atoms with Gasteiger partial charge >= 0.3 is 0 Å². The summed E-state index contributed by atoms with van der Waals surface area (Å²) >= 11 is 0. The van der Waals surface area contributed by atoms with Crippen LogP contribution in [0.5, 0.6) is 5.75 Å². The van der Waals surface area contributed by atoms with Gasteiger partial charge in [-0.05, 0) is 24.3 Å². The summed E-state index contributed by atoms with van der Waals surface area (Å²) < 4.78 is 19.8. The van der Waals surface area contributed by atoms with E-state index in [0.29, 0.717) is 13.2 Å². The maximum atomic E-state index is 6.24. The number of nitrogens with zero attached hydrogens (tertiary/aromatic N) is 2. The van der Waals surface area contributed by atoms with Gasteiger partial charge in [0.15, 0.2) is 5.79 Å². The standard InChI is InChI=1S/C18H24N2O3/c1-17(2)12-22-18(23-13-17,8-10-20-11-9-19-14-20)15-4-6-16(21-3)7-5-15/h4-7,9,11,14H,8,10,12-13H2,1-3H3. The first-order valence-electron chi connectivity index (χ1n) is 7.91. The lowest BCUT2D eigenvalue weighted by Gasteiger charge is -2.44. The van der Waals surface area contributed by atoms with Crippen molar-refractivity contribution in [2.45, 2.75) is 32.6 Å². The Morgan fingerprint density at radius 3 is 2.43 bits per heavy atom. The van der Waals surface area contributed by atoms with E-state index in [-0.39, 0.29) is 5.41 Å². The fraction of sp³-hybridized carbons (Fsp3) is 0.500. The van der Waals surface area contributed by atoms with Crippen molar-refractivity contribution in [3.63, 3.8) is 0 Å². The van der Waals surface area contributed by atoms with Gasteiger partial charge < -0.3 is 18.8 Å². The summed E-state index contributed by atoms with van der Waals surface area (Å²) in [4.78, 5) is 4.09. The summed E-state index contributed by atoms with van der Waals surface area (Å²) in [5, 5.41) is 0. The summed E-state index contributed by atoms with van der Waals surface area (Å²) in [5.41, 5.74) is 1.05. The van der Waals surface area contributed by atoms with E-state index in [2.05, 4.69) is 18.8 Å². The second-order valence-corrected chi connectivity index (χ2v) is 6.77. The minimum absolute atomic E-state index is 0.0327. The predicted molar refractivity (Wildman–Crippen MR) is 87.2 cm³/mol. The number of methoxy groups -OCH3 is 1. The summed E-state index contributed by atoms with van der Waals surface area (Å²) in [6.07, 6.45) is 6.28. The number of aryl methyl sites for hydroxylation is 1. The zero-order chi connectivity index (χ0) is 16.3. The lowest BCUT2D eigenvalue weighted by atomic mass is 9.92. The highest BCUT2D eigenvalue weighted by atomic mass is 16.7. The number of hydrogen-bond acceptors (Lipinski definition) is 4. The first kappa shape index (κ1) is 16.0. The van der Waals surface area contributed by atoms with Crippen LogP contribution in [-0.2, 0) is 21.8 Å². The molecular weight excluding hydrogens is 292 g/mol. The van der Waals surface area contributed by atoms with Crippen LogP contribution in [0.15, 0.2) is 43.0 Å². The van der Waals surface area contributed by atoms with Gasteiger partial charge in [-0.15, -0.1) is 0 Å². The number of hydrogen-bond donors (Lipinski definition) is 0. The smallest absolute Gasteiger partial charge is 0.196 e. The molecule has 1 saturated heterocycles. The average Bonchev–Trinajstić information content (AvgIpc) is 3.08. The van der Waals surface area contributed by atoms with E-state index < -0.39 is 5.79 Å². The van der Waals surface area contributed by atoms with Gasteiger partial charge in [-0.2, -0.15) is 0 Å². The Labute approximate surface area is 137 Å². The van der Waals surface area contributed by atoms with E-state index in [4.69, 9.17) is 14.2 Å². The monoisotopic (exact) mass is 316 g/mol. The van der Waals surface area contributed by atoms with Gasteiger partial charge in [0.1, 0.15) is 5.75 Å². The van der Waals surface area contributed by atoms with Crippen molar-refractivity contribution in [3.05, 3.63) is 48.5 Å². The molecule has 1 aliphatic heterocycles. The normalized spacial score (nSPS) is 19.4. The molecule has 0 spiro atoms. The van der Waals surface area contributed by atoms with Gasteiger partial charge in [0, 0.05) is 36.3 Å². The Kier molecular flexibility index (Phi) is 4.41. The first-order chi connectivity index (χ1) is 11.0. The number of aromatic nitrogens is 2. The summed E-state index contributed by atoms with van der Waals surface area (Å²) in [6, 6.07) is 7.93. The van der Waals surface area contributed by atoms with Crippen LogP contribution < -0.4 is 4.74 Å². The van der Waals surface area contributed by atoms with Crippen LogP contribution in [0.3, 0.4) is 0 Å². The van der Waals surface area contributed by atoms with Crippen molar-refractivity contribution in [3.8, 4) is 5.75 Å². The third-order valence-corrected chi connectivity index (χ3v) is 4.18. The molecule has 2 heterocycles. The second kappa shape index (κ2) is 6.34. The maximum Gasteiger partial charge on any atom is 0.196 e. The van der Waals surface area contributed by atoms with Crippen molar-refractivity contribution in [2.75, 3.05) is 20.3 Å². The van der Waals surface area contributed by atoms with Crippen LogP contribution in [0.25, 0.3) is 0 Å². The number of benzene rings is 1. The predicted octanol–water partition coefficient (Wildman–Crippen LogP) is 3.21. The minimum Gasteiger partial charge on any atom is -0.497 e. The fourth-order valence-electron chi connectivity index (χ4n) is 2.70. The van der Waals surface area contributed by atoms with Gasteiger partial charge in [-0.25, -0.2) is 4.98 Å². The zero-order valence-electron chi connectivity index (χ0n) is 14.0. The van der Waals surface area contributed by atoms with Crippen LogP contribution >= 0.6 is 0 Å². The van der Waals surface area contributed by atoms with Crippen LogP contribution in [-0.4, -0.2) is 29.9 Å². The molecule has 1 aliphatic rings. The highest BCUT2D eigenvalue weighted by Crippen LogP contribution is 2.39. The number of rotatable bonds is 5. The fourth-order valence-corrected chi connectivity index (χ4v) is 2.70. The van der Waals surface area contributed by atoms with Crippen LogP contribution in [0.1, 0.15) is 25.8 Å². The molecular formula is C18H24N2O3. The van der Waals surface area contributed by atoms with Crippen LogP contribution in [0.4, 0.5) is 0 Å². The van der Waals surface area contributed by atoms with Crippen molar-refractivity contribution in [1.82, 2.24) is 9.55 Å². The molecule has 0 N–H and O–H groups in total. The van der Waals surface area contributed by atoms with E-state index in [0.717, 1.165) is 24.3 Å². The molecule has 0 bridgehead atoms. The molecule has 0 saturated carbocycles. The molecule has 3 rings (SSSR count). The molecule has 5 nitrogen and oxygen atoms in total. The molecule has 1 aromatic carbocycles. The van der Waals surface area contributed by atoms with E-state index in [1.807, 2.05) is 41.4 Å². The first-order valence-corrected chi connectivity index (χ1v) is 7.91. The SMILES string of the molecule is COc1ccc(C2(CCn3ccnc3)OCC(C)(C)CO2)cc1. The van der Waals surface area contributed by atoms with E-state index in [1.54, 1.807) is 13.3 Å². The number of ether oxygens (including phenoxy) is 3. The second-order valence-electron chi connectivity index (χ2n) is 6.77. The summed E-state index contributed by atoms with van der Waals surface area (Å²) in [5.74, 6) is 0.112. The molecule has 0 amide bonds. The van der Waals surface area contributed by atoms with Gasteiger partial charge in [0.2, 0.25) is 0 Å². The molecule has 2 aromatic rings. The molecule has 0 unspecified atom stereocenters. The highest BCUT2D eigenvalue weighted by Gasteiger charge is 2.41. The third-order valence-electron chi connectivity index (χ3n) is 4.18. The van der Waals surface area contributed by atoms with Gasteiger partial charge in [-0.1, -0.05) is 13.8 Å². The average molecular weight is 316 g/mol. The van der Waals surface area contributed by atoms with Crippen molar-refractivity contribution in [2.24, 2.45) is 5.41 Å². The molecule has 5 heteroatoms. The Balaban J connectivity index is 1.83. The Morgan fingerprint density at radius 2 is 1.87 bits per heavy atom. The quantitative estimate of drug-likeness (QED) is 0.850. The summed E-state index contributed by atoms with van der Waals surface area (Å²) in [7, 11) is 1.67. The van der Waals surface area contributed by atoms with Crippen molar-refractivity contribution in [1.29, 1.82) is 0 Å². The summed E-state index contributed by atoms with van der Waals surface area (Å²) in [6.45, 7) is 6.43. The lowest BCUT2D eigenvalue weighted by Crippen LogP contribution is -2.46. The van der Waals surface area contributed by atoms with Crippen LogP contribution in [0, 0.1) is 5.41 Å². The largest absolute Gasteiger partial charge is 0.497 e.